The van der Waals surface area contributed by atoms with Gasteiger partial charge in [0.05, 0.1) is 11.2 Å². The Morgan fingerprint density at radius 1 is 1.00 bits per heavy atom. The fraction of sp³-hybridized carbons (Fsp3) is 0.143. The molecule has 0 fully saturated rings. The molecule has 2 heterocycles. The van der Waals surface area contributed by atoms with Gasteiger partial charge in [-0.3, -0.25) is 4.79 Å². The fourth-order valence-corrected chi connectivity index (χ4v) is 4.52. The maximum absolute atomic E-state index is 13.6. The van der Waals surface area contributed by atoms with Crippen LogP contribution < -0.4 is 4.74 Å². The number of hydrogen-bond donors (Lipinski definition) is 1. The van der Waals surface area contributed by atoms with Gasteiger partial charge in [-0.05, 0) is 53.5 Å². The predicted octanol–water partition coefficient (Wildman–Crippen LogP) is 6.94. The lowest BCUT2D eigenvalue weighted by atomic mass is 9.84. The van der Waals surface area contributed by atoms with E-state index < -0.39 is 11.6 Å². The van der Waals surface area contributed by atoms with Crippen LogP contribution in [-0.4, -0.2) is 10.1 Å². The van der Waals surface area contributed by atoms with Gasteiger partial charge in [-0.1, -0.05) is 42.5 Å². The second kappa shape index (κ2) is 9.39. The summed E-state index contributed by atoms with van der Waals surface area (Å²) in [4.78, 5) is 16.1. The summed E-state index contributed by atoms with van der Waals surface area (Å²) in [5.74, 6) is -1.00. The van der Waals surface area contributed by atoms with E-state index in [1.54, 1.807) is 12.1 Å². The van der Waals surface area contributed by atoms with Crippen molar-refractivity contribution >= 4 is 40.8 Å². The van der Waals surface area contributed by atoms with Crippen LogP contribution in [0, 0.1) is 11.6 Å². The Balaban J connectivity index is 1.49. The zero-order chi connectivity index (χ0) is 23.7. The summed E-state index contributed by atoms with van der Waals surface area (Å²) in [6.07, 6.45) is 4.75. The topological polar surface area (TPSA) is 39.2 Å². The van der Waals surface area contributed by atoms with Crippen molar-refractivity contribution in [2.45, 2.75) is 25.4 Å². The van der Waals surface area contributed by atoms with Crippen LogP contribution >= 0.6 is 12.6 Å². The van der Waals surface area contributed by atoms with E-state index >= 15 is 0 Å². The molecule has 0 radical (unpaired) electrons. The maximum atomic E-state index is 13.6. The Morgan fingerprint density at radius 2 is 1.82 bits per heavy atom. The zero-order valence-electron chi connectivity index (χ0n) is 18.2. The molecular weight excluding hydrogens is 452 g/mol. The average molecular weight is 474 g/mol. The number of aromatic nitrogens is 1. The van der Waals surface area contributed by atoms with Crippen LogP contribution in [0.15, 0.2) is 66.7 Å². The third-order valence-corrected chi connectivity index (χ3v) is 6.29. The number of rotatable bonds is 5. The van der Waals surface area contributed by atoms with Crippen molar-refractivity contribution in [2.24, 2.45) is 0 Å². The summed E-state index contributed by atoms with van der Waals surface area (Å²) in [5.41, 5.74) is 5.25. The van der Waals surface area contributed by atoms with Crippen molar-refractivity contribution in [1.29, 1.82) is 0 Å². The summed E-state index contributed by atoms with van der Waals surface area (Å²) in [7, 11) is 0. The summed E-state index contributed by atoms with van der Waals surface area (Å²) < 4.78 is 33.2. The molecule has 5 rings (SSSR count). The molecule has 0 N–H and O–H groups in total. The Morgan fingerprint density at radius 3 is 2.68 bits per heavy atom. The monoisotopic (exact) mass is 473 g/mol. The fourth-order valence-electron chi connectivity index (χ4n) is 4.39. The van der Waals surface area contributed by atoms with Crippen LogP contribution in [0.2, 0.25) is 0 Å². The van der Waals surface area contributed by atoms with Gasteiger partial charge in [-0.2, -0.15) is 0 Å². The first kappa shape index (κ1) is 22.3. The molecule has 1 aromatic heterocycles. The molecule has 0 amide bonds. The van der Waals surface area contributed by atoms with Gasteiger partial charge in [0.1, 0.15) is 12.4 Å². The van der Waals surface area contributed by atoms with E-state index in [0.717, 1.165) is 40.1 Å². The highest BCUT2D eigenvalue weighted by Gasteiger charge is 2.25. The molecule has 1 aliphatic rings. The number of benzene rings is 3. The molecule has 6 heteroatoms. The van der Waals surface area contributed by atoms with Gasteiger partial charge in [-0.25, -0.2) is 13.8 Å². The largest absolute Gasteiger partial charge is 0.489 e. The van der Waals surface area contributed by atoms with Crippen LogP contribution in [0.1, 0.15) is 46.7 Å². The Kier molecular flexibility index (Phi) is 6.16. The number of halogens is 2. The summed E-state index contributed by atoms with van der Waals surface area (Å²) in [5, 5.41) is 0.400. The molecule has 34 heavy (non-hydrogen) atoms. The smallest absolute Gasteiger partial charge is 0.185 e. The van der Waals surface area contributed by atoms with Gasteiger partial charge in [0.25, 0.3) is 0 Å². The van der Waals surface area contributed by atoms with Crippen molar-refractivity contribution in [3.05, 3.63) is 106 Å². The Labute approximate surface area is 201 Å². The van der Waals surface area contributed by atoms with E-state index in [0.29, 0.717) is 36.0 Å². The SMILES string of the molecule is O=C(S)CCC1c2ccccc2COc2ccc(/C=C/c3ccc4cc(F)c(F)cc4n3)cc21. The van der Waals surface area contributed by atoms with Crippen molar-refractivity contribution in [1.82, 2.24) is 4.98 Å². The second-order valence-corrected chi connectivity index (χ2v) is 8.80. The molecule has 3 aromatic carbocycles. The number of pyridine rings is 1. The van der Waals surface area contributed by atoms with Gasteiger partial charge >= 0.3 is 0 Å². The van der Waals surface area contributed by atoms with Crippen LogP contribution in [0.25, 0.3) is 23.1 Å². The normalized spacial score (nSPS) is 15.0. The first-order valence-electron chi connectivity index (χ1n) is 11.0. The van der Waals surface area contributed by atoms with Crippen LogP contribution in [0.4, 0.5) is 8.78 Å². The lowest BCUT2D eigenvalue weighted by Crippen LogP contribution is -2.04. The molecule has 1 atom stereocenters. The van der Waals surface area contributed by atoms with Gasteiger partial charge in [0.2, 0.25) is 0 Å². The highest BCUT2D eigenvalue weighted by Crippen LogP contribution is 2.40. The first-order valence-corrected chi connectivity index (χ1v) is 11.4. The number of carbonyl (C=O) groups excluding carboxylic acids is 1. The van der Waals surface area contributed by atoms with E-state index in [2.05, 4.69) is 35.8 Å². The summed E-state index contributed by atoms with van der Waals surface area (Å²) >= 11 is 3.96. The van der Waals surface area contributed by atoms with E-state index in [1.807, 2.05) is 36.4 Å². The van der Waals surface area contributed by atoms with Crippen molar-refractivity contribution in [2.75, 3.05) is 0 Å². The minimum Gasteiger partial charge on any atom is -0.489 e. The van der Waals surface area contributed by atoms with E-state index in [1.165, 1.54) is 0 Å². The Hall–Kier alpha value is -3.51. The number of nitrogens with zero attached hydrogens (tertiary/aromatic N) is 1. The molecule has 3 nitrogen and oxygen atoms in total. The van der Waals surface area contributed by atoms with Gasteiger partial charge in [0.15, 0.2) is 16.7 Å². The van der Waals surface area contributed by atoms with E-state index in [9.17, 15) is 13.6 Å². The predicted molar refractivity (Wildman–Crippen MR) is 133 cm³/mol. The standard InChI is InChI=1S/C28H21F2NO2S/c29-24-14-18-7-9-20(31-26(18)15-25(24)30)8-5-17-6-11-27-23(13-17)22(10-12-28(32)34)21-4-2-1-3-19(21)16-33-27/h1-9,11,13-15,22H,10,12,16H2,(H,32,34)/b8-5+. The number of fused-ring (bicyclic) bond motifs is 3. The van der Waals surface area contributed by atoms with Crippen molar-refractivity contribution in [3.63, 3.8) is 0 Å². The summed E-state index contributed by atoms with van der Waals surface area (Å²) in [6, 6.07) is 19.8. The maximum Gasteiger partial charge on any atom is 0.185 e. The van der Waals surface area contributed by atoms with E-state index in [-0.39, 0.29) is 11.0 Å². The van der Waals surface area contributed by atoms with Gasteiger partial charge < -0.3 is 4.74 Å². The third kappa shape index (κ3) is 4.59. The first-order chi connectivity index (χ1) is 16.5. The molecule has 0 aliphatic carbocycles. The van der Waals surface area contributed by atoms with Gasteiger partial charge in [-0.15, -0.1) is 12.6 Å². The lowest BCUT2D eigenvalue weighted by Gasteiger charge is -2.19. The minimum atomic E-state index is -0.919. The molecule has 0 saturated carbocycles. The second-order valence-electron chi connectivity index (χ2n) is 8.30. The van der Waals surface area contributed by atoms with E-state index in [4.69, 9.17) is 4.74 Å². The van der Waals surface area contributed by atoms with Crippen LogP contribution in [0.5, 0.6) is 5.75 Å². The lowest BCUT2D eigenvalue weighted by molar-refractivity contribution is -0.110. The molecular formula is C28H21F2NO2S. The minimum absolute atomic E-state index is 0.00909. The molecule has 1 unspecified atom stereocenters. The number of ether oxygens (including phenoxy) is 1. The third-order valence-electron chi connectivity index (χ3n) is 6.07. The molecule has 4 aromatic rings. The molecule has 0 bridgehead atoms. The quantitative estimate of drug-likeness (QED) is 0.319. The van der Waals surface area contributed by atoms with Crippen LogP contribution in [0.3, 0.4) is 0 Å². The average Bonchev–Trinajstić information content (AvgIpc) is 2.98. The highest BCUT2D eigenvalue weighted by molar-refractivity contribution is 7.96. The number of thiol groups is 1. The van der Waals surface area contributed by atoms with Crippen LogP contribution in [-0.2, 0) is 11.4 Å². The van der Waals surface area contributed by atoms with Crippen molar-refractivity contribution < 1.29 is 18.3 Å². The number of hydrogen-bond acceptors (Lipinski definition) is 3. The van der Waals surface area contributed by atoms with Crippen molar-refractivity contribution in [3.8, 4) is 5.75 Å². The number of carbonyl (C=O) groups is 1. The zero-order valence-corrected chi connectivity index (χ0v) is 19.1. The summed E-state index contributed by atoms with van der Waals surface area (Å²) in [6.45, 7) is 0.474. The molecule has 1 aliphatic heterocycles. The molecule has 170 valence electrons. The Bertz CT molecular complexity index is 1430. The highest BCUT2D eigenvalue weighted by atomic mass is 32.1. The van der Waals surface area contributed by atoms with Gasteiger partial charge in [0, 0.05) is 29.4 Å². The molecule has 0 spiro atoms. The molecule has 0 saturated heterocycles.